The molecule has 2 bridgehead atoms. The minimum atomic E-state index is 0. The Morgan fingerprint density at radius 2 is 2.11 bits per heavy atom. The van der Waals surface area contributed by atoms with E-state index in [1.165, 1.54) is 32.1 Å². The standard InChI is InChI=1S/C15H26N2O.ClH/c1-10-4-5-16-9-14(10)17-15(18)8-13-7-11-2-3-12(13)6-11;/h10-14,16H,2-9H2,1H3,(H,17,18);1H. The molecular weight excluding hydrogens is 260 g/mol. The third-order valence-electron chi connectivity index (χ3n) is 5.51. The van der Waals surface area contributed by atoms with Crippen molar-refractivity contribution in [3.8, 4) is 0 Å². The molecule has 5 atom stereocenters. The third kappa shape index (κ3) is 3.43. The van der Waals surface area contributed by atoms with Gasteiger partial charge in [-0.2, -0.15) is 0 Å². The summed E-state index contributed by atoms with van der Waals surface area (Å²) in [6.07, 6.45) is 7.48. The Hall–Kier alpha value is -0.280. The van der Waals surface area contributed by atoms with E-state index in [0.717, 1.165) is 31.3 Å². The molecule has 0 aromatic rings. The monoisotopic (exact) mass is 286 g/mol. The summed E-state index contributed by atoms with van der Waals surface area (Å²) < 4.78 is 0. The molecule has 0 aromatic carbocycles. The molecule has 1 aliphatic heterocycles. The molecular formula is C15H27ClN2O. The fourth-order valence-electron chi connectivity index (χ4n) is 4.31. The molecule has 0 aromatic heterocycles. The van der Waals surface area contributed by atoms with Gasteiger partial charge >= 0.3 is 0 Å². The maximum Gasteiger partial charge on any atom is 0.220 e. The number of carbonyl (C=O) groups excluding carboxylic acids is 1. The van der Waals surface area contributed by atoms with Crippen LogP contribution in [0.25, 0.3) is 0 Å². The highest BCUT2D eigenvalue weighted by Crippen LogP contribution is 2.49. The van der Waals surface area contributed by atoms with Gasteiger partial charge in [-0.25, -0.2) is 0 Å². The second kappa shape index (κ2) is 6.45. The molecule has 110 valence electrons. The summed E-state index contributed by atoms with van der Waals surface area (Å²) in [6.45, 7) is 4.30. The van der Waals surface area contributed by atoms with E-state index in [4.69, 9.17) is 0 Å². The van der Waals surface area contributed by atoms with Gasteiger partial charge in [-0.1, -0.05) is 13.3 Å². The highest BCUT2D eigenvalue weighted by molar-refractivity contribution is 5.85. The van der Waals surface area contributed by atoms with Crippen LogP contribution in [-0.2, 0) is 4.79 Å². The molecule has 0 radical (unpaired) electrons. The number of hydrogen-bond donors (Lipinski definition) is 2. The molecule has 2 aliphatic carbocycles. The first kappa shape index (κ1) is 15.1. The van der Waals surface area contributed by atoms with Gasteiger partial charge in [-0.3, -0.25) is 4.79 Å². The topological polar surface area (TPSA) is 41.1 Å². The Kier molecular flexibility index (Phi) is 5.13. The van der Waals surface area contributed by atoms with Crippen LogP contribution in [-0.4, -0.2) is 25.0 Å². The number of piperidine rings is 1. The molecule has 3 aliphatic rings. The number of hydrogen-bond acceptors (Lipinski definition) is 2. The van der Waals surface area contributed by atoms with Crippen LogP contribution in [0.3, 0.4) is 0 Å². The van der Waals surface area contributed by atoms with E-state index < -0.39 is 0 Å². The van der Waals surface area contributed by atoms with Crippen molar-refractivity contribution < 1.29 is 4.79 Å². The summed E-state index contributed by atoms with van der Waals surface area (Å²) in [5, 5.41) is 6.63. The van der Waals surface area contributed by atoms with Crippen LogP contribution in [0.1, 0.15) is 45.4 Å². The second-order valence-corrected chi connectivity index (χ2v) is 6.78. The van der Waals surface area contributed by atoms with Crippen molar-refractivity contribution in [2.75, 3.05) is 13.1 Å². The van der Waals surface area contributed by atoms with Gasteiger partial charge in [0, 0.05) is 19.0 Å². The van der Waals surface area contributed by atoms with Crippen molar-refractivity contribution in [1.82, 2.24) is 10.6 Å². The van der Waals surface area contributed by atoms with Gasteiger partial charge in [-0.15, -0.1) is 12.4 Å². The lowest BCUT2D eigenvalue weighted by atomic mass is 9.86. The van der Waals surface area contributed by atoms with Gasteiger partial charge < -0.3 is 10.6 Å². The number of halogens is 1. The Morgan fingerprint density at radius 3 is 2.74 bits per heavy atom. The molecule has 4 heteroatoms. The Morgan fingerprint density at radius 1 is 1.26 bits per heavy atom. The smallest absolute Gasteiger partial charge is 0.220 e. The number of fused-ring (bicyclic) bond motifs is 2. The van der Waals surface area contributed by atoms with Crippen LogP contribution >= 0.6 is 12.4 Å². The normalized spacial score (nSPS) is 40.8. The Bertz CT molecular complexity index is 317. The number of amides is 1. The third-order valence-corrected chi connectivity index (χ3v) is 5.51. The van der Waals surface area contributed by atoms with Crippen molar-refractivity contribution >= 4 is 18.3 Å². The van der Waals surface area contributed by atoms with Crippen LogP contribution in [0, 0.1) is 23.7 Å². The molecule has 2 N–H and O–H groups in total. The Balaban J connectivity index is 0.00000133. The first-order valence-corrected chi connectivity index (χ1v) is 7.72. The zero-order valence-electron chi connectivity index (χ0n) is 11.9. The molecule has 19 heavy (non-hydrogen) atoms. The van der Waals surface area contributed by atoms with Crippen molar-refractivity contribution in [2.24, 2.45) is 23.7 Å². The summed E-state index contributed by atoms with van der Waals surface area (Å²) in [5.41, 5.74) is 0. The number of rotatable bonds is 3. The van der Waals surface area contributed by atoms with Gasteiger partial charge in [0.15, 0.2) is 0 Å². The predicted octanol–water partition coefficient (Wildman–Crippen LogP) is 2.35. The van der Waals surface area contributed by atoms with E-state index in [1.54, 1.807) is 0 Å². The van der Waals surface area contributed by atoms with Gasteiger partial charge in [-0.05, 0) is 55.9 Å². The van der Waals surface area contributed by atoms with Gasteiger partial charge in [0.1, 0.15) is 0 Å². The molecule has 2 saturated carbocycles. The quantitative estimate of drug-likeness (QED) is 0.836. The van der Waals surface area contributed by atoms with E-state index in [0.29, 0.717) is 23.8 Å². The lowest BCUT2D eigenvalue weighted by molar-refractivity contribution is -0.123. The van der Waals surface area contributed by atoms with Crippen LogP contribution in [0.4, 0.5) is 0 Å². The molecule has 5 unspecified atom stereocenters. The summed E-state index contributed by atoms with van der Waals surface area (Å²) in [7, 11) is 0. The minimum absolute atomic E-state index is 0. The van der Waals surface area contributed by atoms with E-state index in [1.807, 2.05) is 0 Å². The summed E-state index contributed by atoms with van der Waals surface area (Å²) in [4.78, 5) is 12.2. The SMILES string of the molecule is CC1CCNCC1NC(=O)CC1CC2CCC1C2.Cl. The molecule has 1 saturated heterocycles. The molecule has 1 heterocycles. The molecule has 3 fully saturated rings. The van der Waals surface area contributed by atoms with Gasteiger partial charge in [0.2, 0.25) is 5.91 Å². The largest absolute Gasteiger partial charge is 0.352 e. The average Bonchev–Trinajstić information content (AvgIpc) is 2.94. The van der Waals surface area contributed by atoms with Crippen molar-refractivity contribution in [3.63, 3.8) is 0 Å². The molecule has 3 nitrogen and oxygen atoms in total. The lowest BCUT2D eigenvalue weighted by Gasteiger charge is -2.31. The van der Waals surface area contributed by atoms with Gasteiger partial charge in [0.05, 0.1) is 0 Å². The van der Waals surface area contributed by atoms with Crippen LogP contribution in [0.5, 0.6) is 0 Å². The zero-order valence-corrected chi connectivity index (χ0v) is 12.7. The first-order valence-electron chi connectivity index (χ1n) is 7.72. The highest BCUT2D eigenvalue weighted by Gasteiger charge is 2.40. The van der Waals surface area contributed by atoms with Crippen molar-refractivity contribution in [1.29, 1.82) is 0 Å². The predicted molar refractivity (Wildman–Crippen MR) is 79.4 cm³/mol. The van der Waals surface area contributed by atoms with Gasteiger partial charge in [0.25, 0.3) is 0 Å². The van der Waals surface area contributed by atoms with Crippen LogP contribution in [0.15, 0.2) is 0 Å². The zero-order chi connectivity index (χ0) is 12.5. The summed E-state index contributed by atoms with van der Waals surface area (Å²) >= 11 is 0. The highest BCUT2D eigenvalue weighted by atomic mass is 35.5. The molecule has 0 spiro atoms. The first-order chi connectivity index (χ1) is 8.72. The van der Waals surface area contributed by atoms with Crippen LogP contribution in [0.2, 0.25) is 0 Å². The maximum absolute atomic E-state index is 12.2. The number of carbonyl (C=O) groups is 1. The fourth-order valence-corrected chi connectivity index (χ4v) is 4.31. The van der Waals surface area contributed by atoms with Crippen molar-refractivity contribution in [3.05, 3.63) is 0 Å². The van der Waals surface area contributed by atoms with E-state index in [2.05, 4.69) is 17.6 Å². The Labute approximate surface area is 122 Å². The summed E-state index contributed by atoms with van der Waals surface area (Å²) in [6, 6.07) is 0.352. The van der Waals surface area contributed by atoms with Crippen LogP contribution < -0.4 is 10.6 Å². The fraction of sp³-hybridized carbons (Fsp3) is 0.933. The lowest BCUT2D eigenvalue weighted by Crippen LogP contribution is -2.50. The summed E-state index contributed by atoms with van der Waals surface area (Å²) in [5.74, 6) is 3.42. The molecule has 1 amide bonds. The van der Waals surface area contributed by atoms with Crippen molar-refractivity contribution in [2.45, 2.75) is 51.5 Å². The molecule has 3 rings (SSSR count). The van der Waals surface area contributed by atoms with E-state index >= 15 is 0 Å². The second-order valence-electron chi connectivity index (χ2n) is 6.78. The average molecular weight is 287 g/mol. The maximum atomic E-state index is 12.2. The minimum Gasteiger partial charge on any atom is -0.352 e. The number of nitrogens with one attached hydrogen (secondary N) is 2. The van der Waals surface area contributed by atoms with E-state index in [-0.39, 0.29) is 12.4 Å². The van der Waals surface area contributed by atoms with E-state index in [9.17, 15) is 4.79 Å².